The Bertz CT molecular complexity index is 683. The lowest BCUT2D eigenvalue weighted by molar-refractivity contribution is 0.139. The van der Waals surface area contributed by atoms with Gasteiger partial charge >= 0.3 is 6.09 Å². The molecule has 0 saturated heterocycles. The summed E-state index contributed by atoms with van der Waals surface area (Å²) >= 11 is 0. The van der Waals surface area contributed by atoms with E-state index >= 15 is 0 Å². The van der Waals surface area contributed by atoms with Crippen LogP contribution in [0.4, 0.5) is 4.79 Å². The van der Waals surface area contributed by atoms with E-state index in [4.69, 9.17) is 10.5 Å². The standard InChI is InChI=1S/C17H20N2O3/c18-7-8-22-16-10-12(9-13-3-1-2-4-15(13)16)11-19(17(20)21)14-5-6-14/h1-4,9-10,14H,5-8,11,18H2,(H,20,21). The molecule has 2 aromatic rings. The van der Waals surface area contributed by atoms with Crippen LogP contribution in [0.5, 0.6) is 5.75 Å². The molecule has 1 aliphatic carbocycles. The molecule has 3 N–H and O–H groups in total. The molecule has 1 fully saturated rings. The van der Waals surface area contributed by atoms with E-state index in [1.807, 2.05) is 36.4 Å². The Labute approximate surface area is 129 Å². The predicted octanol–water partition coefficient (Wildman–Crippen LogP) is 2.82. The van der Waals surface area contributed by atoms with E-state index in [0.717, 1.165) is 34.9 Å². The summed E-state index contributed by atoms with van der Waals surface area (Å²) in [4.78, 5) is 12.9. The quantitative estimate of drug-likeness (QED) is 0.860. The van der Waals surface area contributed by atoms with Crippen LogP contribution in [0.15, 0.2) is 36.4 Å². The molecule has 1 saturated carbocycles. The first kappa shape index (κ1) is 14.7. The summed E-state index contributed by atoms with van der Waals surface area (Å²) in [7, 11) is 0. The van der Waals surface area contributed by atoms with Gasteiger partial charge in [0.2, 0.25) is 0 Å². The molecule has 5 heteroatoms. The Balaban J connectivity index is 1.93. The number of ether oxygens (including phenoxy) is 1. The van der Waals surface area contributed by atoms with Crippen LogP contribution in [0.25, 0.3) is 10.8 Å². The van der Waals surface area contributed by atoms with Crippen LogP contribution in [0.1, 0.15) is 18.4 Å². The van der Waals surface area contributed by atoms with Crippen molar-refractivity contribution in [2.24, 2.45) is 5.73 Å². The minimum atomic E-state index is -0.861. The van der Waals surface area contributed by atoms with Gasteiger partial charge in [0.1, 0.15) is 12.4 Å². The fraction of sp³-hybridized carbons (Fsp3) is 0.353. The Hall–Kier alpha value is -2.27. The number of hydrogen-bond donors (Lipinski definition) is 2. The number of carboxylic acid groups (broad SMARTS) is 1. The first-order valence-electron chi connectivity index (χ1n) is 7.53. The maximum absolute atomic E-state index is 11.4. The highest BCUT2D eigenvalue weighted by molar-refractivity contribution is 5.89. The highest BCUT2D eigenvalue weighted by Gasteiger charge is 2.32. The Kier molecular flexibility index (Phi) is 4.15. The SMILES string of the molecule is NCCOc1cc(CN(C(=O)O)C2CC2)cc2ccccc12. The van der Waals surface area contributed by atoms with Crippen LogP contribution >= 0.6 is 0 Å². The summed E-state index contributed by atoms with van der Waals surface area (Å²) in [6, 6.07) is 12.1. The summed E-state index contributed by atoms with van der Waals surface area (Å²) in [5, 5.41) is 11.4. The first-order chi connectivity index (χ1) is 10.7. The number of amides is 1. The van der Waals surface area contributed by atoms with E-state index < -0.39 is 6.09 Å². The second kappa shape index (κ2) is 6.23. The molecule has 0 atom stereocenters. The number of rotatable bonds is 6. The van der Waals surface area contributed by atoms with Crippen LogP contribution in [0.2, 0.25) is 0 Å². The van der Waals surface area contributed by atoms with Crippen molar-refractivity contribution in [3.8, 4) is 5.75 Å². The third-order valence-electron chi connectivity index (χ3n) is 3.85. The minimum Gasteiger partial charge on any atom is -0.492 e. The van der Waals surface area contributed by atoms with Crippen LogP contribution in [0.3, 0.4) is 0 Å². The molecule has 3 rings (SSSR count). The van der Waals surface area contributed by atoms with Gasteiger partial charge in [0.25, 0.3) is 0 Å². The molecule has 22 heavy (non-hydrogen) atoms. The molecule has 2 aromatic carbocycles. The van der Waals surface area contributed by atoms with Gasteiger partial charge in [0.05, 0.1) is 0 Å². The zero-order valence-corrected chi connectivity index (χ0v) is 12.4. The molecule has 0 aromatic heterocycles. The summed E-state index contributed by atoms with van der Waals surface area (Å²) < 4.78 is 5.74. The van der Waals surface area contributed by atoms with E-state index in [-0.39, 0.29) is 6.04 Å². The lowest BCUT2D eigenvalue weighted by Crippen LogP contribution is -2.30. The monoisotopic (exact) mass is 300 g/mol. The van der Waals surface area contributed by atoms with Gasteiger partial charge < -0.3 is 20.5 Å². The third kappa shape index (κ3) is 3.14. The number of nitrogens with two attached hydrogens (primary N) is 1. The fourth-order valence-electron chi connectivity index (χ4n) is 2.65. The van der Waals surface area contributed by atoms with E-state index in [9.17, 15) is 9.90 Å². The molecule has 0 bridgehead atoms. The Morgan fingerprint density at radius 3 is 2.77 bits per heavy atom. The van der Waals surface area contributed by atoms with Crippen LogP contribution < -0.4 is 10.5 Å². The van der Waals surface area contributed by atoms with Crippen molar-refractivity contribution in [3.05, 3.63) is 42.0 Å². The number of fused-ring (bicyclic) bond motifs is 1. The second-order valence-corrected chi connectivity index (χ2v) is 5.59. The fourth-order valence-corrected chi connectivity index (χ4v) is 2.65. The van der Waals surface area contributed by atoms with Crippen molar-refractivity contribution in [3.63, 3.8) is 0 Å². The topological polar surface area (TPSA) is 75.8 Å². The molecule has 1 amide bonds. The largest absolute Gasteiger partial charge is 0.492 e. The zero-order valence-electron chi connectivity index (χ0n) is 12.4. The van der Waals surface area contributed by atoms with Gasteiger partial charge in [0.15, 0.2) is 0 Å². The van der Waals surface area contributed by atoms with Crippen LogP contribution in [-0.4, -0.2) is 35.3 Å². The summed E-state index contributed by atoms with van der Waals surface area (Å²) in [5.74, 6) is 0.764. The van der Waals surface area contributed by atoms with E-state index in [2.05, 4.69) is 0 Å². The van der Waals surface area contributed by atoms with Gasteiger partial charge in [-0.05, 0) is 35.9 Å². The van der Waals surface area contributed by atoms with Gasteiger partial charge in [-0.1, -0.05) is 24.3 Å². The average molecular weight is 300 g/mol. The van der Waals surface area contributed by atoms with E-state index in [1.165, 1.54) is 4.90 Å². The smallest absolute Gasteiger partial charge is 0.407 e. The number of nitrogens with zero attached hydrogens (tertiary/aromatic N) is 1. The van der Waals surface area contributed by atoms with Crippen molar-refractivity contribution in [2.45, 2.75) is 25.4 Å². The molecule has 0 aliphatic heterocycles. The molecule has 0 radical (unpaired) electrons. The van der Waals surface area contributed by atoms with Crippen molar-refractivity contribution < 1.29 is 14.6 Å². The van der Waals surface area contributed by atoms with Crippen molar-refractivity contribution in [2.75, 3.05) is 13.2 Å². The summed E-state index contributed by atoms with van der Waals surface area (Å²) in [6.45, 7) is 1.28. The Morgan fingerprint density at radius 2 is 2.09 bits per heavy atom. The van der Waals surface area contributed by atoms with Crippen molar-refractivity contribution in [1.82, 2.24) is 4.90 Å². The minimum absolute atomic E-state index is 0.164. The molecule has 5 nitrogen and oxygen atoms in total. The van der Waals surface area contributed by atoms with Crippen LogP contribution in [0, 0.1) is 0 Å². The zero-order chi connectivity index (χ0) is 15.5. The molecular formula is C17H20N2O3. The second-order valence-electron chi connectivity index (χ2n) is 5.59. The number of carbonyl (C=O) groups is 1. The normalized spacial score (nSPS) is 14.0. The summed E-state index contributed by atoms with van der Waals surface area (Å²) in [6.07, 6.45) is 1.05. The maximum Gasteiger partial charge on any atom is 0.407 e. The lowest BCUT2D eigenvalue weighted by atomic mass is 10.1. The van der Waals surface area contributed by atoms with Crippen molar-refractivity contribution in [1.29, 1.82) is 0 Å². The molecule has 0 spiro atoms. The van der Waals surface area contributed by atoms with Crippen molar-refractivity contribution >= 4 is 16.9 Å². The summed E-state index contributed by atoms with van der Waals surface area (Å²) in [5.41, 5.74) is 6.46. The van der Waals surface area contributed by atoms with Gasteiger partial charge in [-0.2, -0.15) is 0 Å². The molecule has 0 unspecified atom stereocenters. The number of hydrogen-bond acceptors (Lipinski definition) is 3. The van der Waals surface area contributed by atoms with Crippen LogP contribution in [-0.2, 0) is 6.54 Å². The number of benzene rings is 2. The lowest BCUT2D eigenvalue weighted by Gasteiger charge is -2.20. The third-order valence-corrected chi connectivity index (χ3v) is 3.85. The average Bonchev–Trinajstić information content (AvgIpc) is 3.34. The highest BCUT2D eigenvalue weighted by atomic mass is 16.5. The Morgan fingerprint density at radius 1 is 1.32 bits per heavy atom. The molecule has 116 valence electrons. The van der Waals surface area contributed by atoms with Gasteiger partial charge in [-0.3, -0.25) is 0 Å². The van der Waals surface area contributed by atoms with Gasteiger partial charge in [-0.25, -0.2) is 4.79 Å². The first-order valence-corrected chi connectivity index (χ1v) is 7.53. The van der Waals surface area contributed by atoms with Gasteiger partial charge in [-0.15, -0.1) is 0 Å². The highest BCUT2D eigenvalue weighted by Crippen LogP contribution is 2.32. The molecule has 1 aliphatic rings. The predicted molar refractivity (Wildman–Crippen MR) is 85.1 cm³/mol. The molecular weight excluding hydrogens is 280 g/mol. The maximum atomic E-state index is 11.4. The van der Waals surface area contributed by atoms with E-state index in [0.29, 0.717) is 19.7 Å². The van der Waals surface area contributed by atoms with E-state index in [1.54, 1.807) is 0 Å². The molecule has 0 heterocycles. The van der Waals surface area contributed by atoms with Gasteiger partial charge in [0, 0.05) is 24.5 Å².